The molecule has 0 radical (unpaired) electrons. The highest BCUT2D eigenvalue weighted by molar-refractivity contribution is 5.75. The zero-order valence-corrected chi connectivity index (χ0v) is 16.2. The van der Waals surface area contributed by atoms with Crippen LogP contribution in [0.2, 0.25) is 0 Å². The van der Waals surface area contributed by atoms with E-state index in [0.29, 0.717) is 30.5 Å². The molecule has 1 aromatic heterocycles. The first-order valence-electron chi connectivity index (χ1n) is 10.2. The van der Waals surface area contributed by atoms with Crippen molar-refractivity contribution in [3.8, 4) is 5.75 Å². The monoisotopic (exact) mass is 381 g/mol. The van der Waals surface area contributed by atoms with Crippen LogP contribution < -0.4 is 10.1 Å². The molecule has 4 aliphatic rings. The third-order valence-electron chi connectivity index (χ3n) is 6.79. The van der Waals surface area contributed by atoms with Crippen LogP contribution in [-0.2, 0) is 6.54 Å². The van der Waals surface area contributed by atoms with Crippen molar-refractivity contribution < 1.29 is 13.9 Å². The number of furan rings is 1. The van der Waals surface area contributed by atoms with Crippen molar-refractivity contribution in [1.29, 1.82) is 0 Å². The molecule has 6 heteroatoms. The van der Waals surface area contributed by atoms with Gasteiger partial charge in [-0.25, -0.2) is 4.79 Å². The van der Waals surface area contributed by atoms with Gasteiger partial charge in [-0.2, -0.15) is 0 Å². The summed E-state index contributed by atoms with van der Waals surface area (Å²) < 4.78 is 10.7. The summed E-state index contributed by atoms with van der Waals surface area (Å²) >= 11 is 0. The molecular weight excluding hydrogens is 354 g/mol. The number of rotatable bonds is 4. The molecule has 6 rings (SSSR count). The molecule has 4 fully saturated rings. The Balaban J connectivity index is 1.39. The minimum atomic E-state index is 0.0242. The van der Waals surface area contributed by atoms with E-state index in [-0.39, 0.29) is 6.03 Å². The standard InChI is InChI=1S/C22H27N3O3/c1-27-17-6-4-15(5-7-17)19-14-25(22(26)23-13-18-3-2-12-28-18)20-16-8-10-24(11-9-16)21(19)20/h2-7,12,16,19-21H,8-11,13-14H2,1H3,(H,23,26)/t19-,20+,21+/m0/s1. The number of carbonyl (C=O) groups excluding carboxylic acids is 1. The van der Waals surface area contributed by atoms with Gasteiger partial charge in [0.15, 0.2) is 0 Å². The molecule has 28 heavy (non-hydrogen) atoms. The summed E-state index contributed by atoms with van der Waals surface area (Å²) in [7, 11) is 1.69. The third kappa shape index (κ3) is 2.96. The minimum Gasteiger partial charge on any atom is -0.497 e. The first kappa shape index (κ1) is 17.6. The van der Waals surface area contributed by atoms with Crippen LogP contribution in [0.3, 0.4) is 0 Å². The second-order valence-electron chi connectivity index (χ2n) is 8.12. The van der Waals surface area contributed by atoms with Crippen LogP contribution in [0.15, 0.2) is 47.1 Å². The van der Waals surface area contributed by atoms with Crippen molar-refractivity contribution in [3.63, 3.8) is 0 Å². The Labute approximate surface area is 165 Å². The fourth-order valence-corrected chi connectivity index (χ4v) is 5.48. The lowest BCUT2D eigenvalue weighted by atomic mass is 9.75. The third-order valence-corrected chi connectivity index (χ3v) is 6.79. The summed E-state index contributed by atoms with van der Waals surface area (Å²) in [5.74, 6) is 2.60. The van der Waals surface area contributed by atoms with Gasteiger partial charge in [0.05, 0.1) is 26.0 Å². The largest absolute Gasteiger partial charge is 0.497 e. The fourth-order valence-electron chi connectivity index (χ4n) is 5.48. The smallest absolute Gasteiger partial charge is 0.318 e. The number of hydrogen-bond donors (Lipinski definition) is 1. The van der Waals surface area contributed by atoms with E-state index in [1.807, 2.05) is 24.3 Å². The van der Waals surface area contributed by atoms with E-state index in [2.05, 4.69) is 27.2 Å². The van der Waals surface area contributed by atoms with Crippen LogP contribution in [0.25, 0.3) is 0 Å². The Kier molecular flexibility index (Phi) is 4.51. The molecule has 4 aliphatic heterocycles. The van der Waals surface area contributed by atoms with Crippen LogP contribution in [0.5, 0.6) is 5.75 Å². The Morgan fingerprint density at radius 2 is 1.96 bits per heavy atom. The summed E-state index contributed by atoms with van der Waals surface area (Å²) in [6.07, 6.45) is 4.03. The molecule has 0 saturated carbocycles. The van der Waals surface area contributed by atoms with Crippen molar-refractivity contribution >= 4 is 6.03 Å². The predicted octanol–water partition coefficient (Wildman–Crippen LogP) is 3.06. The van der Waals surface area contributed by atoms with E-state index >= 15 is 0 Å². The van der Waals surface area contributed by atoms with Crippen molar-refractivity contribution in [3.05, 3.63) is 54.0 Å². The van der Waals surface area contributed by atoms with Crippen LogP contribution in [-0.4, -0.2) is 54.7 Å². The number of carbonyl (C=O) groups is 1. The molecule has 6 nitrogen and oxygen atoms in total. The number of fused-ring (bicyclic) bond motifs is 2. The number of amides is 2. The molecule has 0 unspecified atom stereocenters. The van der Waals surface area contributed by atoms with Gasteiger partial charge in [0.25, 0.3) is 0 Å². The van der Waals surface area contributed by atoms with Crippen LogP contribution >= 0.6 is 0 Å². The quantitative estimate of drug-likeness (QED) is 0.884. The molecule has 2 bridgehead atoms. The van der Waals surface area contributed by atoms with E-state index < -0.39 is 0 Å². The minimum absolute atomic E-state index is 0.0242. The average molecular weight is 381 g/mol. The van der Waals surface area contributed by atoms with Gasteiger partial charge >= 0.3 is 6.03 Å². The molecule has 0 spiro atoms. The Bertz CT molecular complexity index is 812. The van der Waals surface area contributed by atoms with Crippen molar-refractivity contribution in [2.75, 3.05) is 26.7 Å². The molecule has 0 aliphatic carbocycles. The fraction of sp³-hybridized carbons (Fsp3) is 0.500. The summed E-state index contributed by atoms with van der Waals surface area (Å²) in [5.41, 5.74) is 1.30. The topological polar surface area (TPSA) is 58.0 Å². The molecule has 1 aromatic carbocycles. The summed E-state index contributed by atoms with van der Waals surface area (Å²) in [6.45, 7) is 3.50. The highest BCUT2D eigenvalue weighted by atomic mass is 16.5. The molecule has 1 N–H and O–H groups in total. The maximum atomic E-state index is 13.1. The van der Waals surface area contributed by atoms with Gasteiger partial charge in [0.1, 0.15) is 11.5 Å². The second kappa shape index (κ2) is 7.17. The van der Waals surface area contributed by atoms with Gasteiger partial charge < -0.3 is 19.4 Å². The van der Waals surface area contributed by atoms with E-state index in [9.17, 15) is 4.79 Å². The average Bonchev–Trinajstić information content (AvgIpc) is 3.42. The number of nitrogens with one attached hydrogen (secondary N) is 1. The maximum absolute atomic E-state index is 13.1. The number of likely N-dealkylation sites (tertiary alicyclic amines) is 1. The number of piperidine rings is 3. The number of nitrogens with zero attached hydrogens (tertiary/aromatic N) is 2. The molecule has 5 heterocycles. The lowest BCUT2D eigenvalue weighted by Gasteiger charge is -2.51. The van der Waals surface area contributed by atoms with Crippen LogP contribution in [0, 0.1) is 5.92 Å². The van der Waals surface area contributed by atoms with Crippen LogP contribution in [0.4, 0.5) is 4.79 Å². The predicted molar refractivity (Wildman–Crippen MR) is 105 cm³/mol. The number of methoxy groups -OCH3 is 1. The van der Waals surface area contributed by atoms with Crippen LogP contribution in [0.1, 0.15) is 30.1 Å². The summed E-state index contributed by atoms with van der Waals surface area (Å²) in [6, 6.07) is 12.9. The van der Waals surface area contributed by atoms with Gasteiger partial charge in [-0.1, -0.05) is 12.1 Å². The number of benzene rings is 1. The Morgan fingerprint density at radius 3 is 2.64 bits per heavy atom. The highest BCUT2D eigenvalue weighted by Crippen LogP contribution is 2.46. The molecule has 2 amide bonds. The van der Waals surface area contributed by atoms with Crippen molar-refractivity contribution in [2.24, 2.45) is 5.92 Å². The number of hydrogen-bond acceptors (Lipinski definition) is 4. The van der Waals surface area contributed by atoms with Gasteiger partial charge in [0, 0.05) is 18.5 Å². The van der Waals surface area contributed by atoms with E-state index in [0.717, 1.165) is 31.1 Å². The van der Waals surface area contributed by atoms with Gasteiger partial charge in [-0.15, -0.1) is 0 Å². The second-order valence-corrected chi connectivity index (χ2v) is 8.12. The first-order valence-corrected chi connectivity index (χ1v) is 10.2. The Morgan fingerprint density at radius 1 is 1.18 bits per heavy atom. The van der Waals surface area contributed by atoms with Gasteiger partial charge in [-0.05, 0) is 61.7 Å². The number of urea groups is 1. The highest BCUT2D eigenvalue weighted by Gasteiger charge is 2.54. The van der Waals surface area contributed by atoms with E-state index in [4.69, 9.17) is 9.15 Å². The molecule has 4 saturated heterocycles. The molecule has 2 aromatic rings. The van der Waals surface area contributed by atoms with Gasteiger partial charge in [0.2, 0.25) is 0 Å². The SMILES string of the molecule is COc1ccc([C@@H]2CN(C(=O)NCc3ccco3)[C@@H]3C4CCN(CC4)[C@@H]32)cc1. The van der Waals surface area contributed by atoms with E-state index in [1.54, 1.807) is 13.4 Å². The summed E-state index contributed by atoms with van der Waals surface area (Å²) in [5, 5.41) is 3.06. The van der Waals surface area contributed by atoms with Crippen molar-refractivity contribution in [1.82, 2.24) is 15.1 Å². The first-order chi connectivity index (χ1) is 13.7. The molecule has 148 valence electrons. The lowest BCUT2D eigenvalue weighted by molar-refractivity contribution is 0.00346. The maximum Gasteiger partial charge on any atom is 0.318 e. The summed E-state index contributed by atoms with van der Waals surface area (Å²) in [4.78, 5) is 17.8. The Hall–Kier alpha value is -2.47. The van der Waals surface area contributed by atoms with Gasteiger partial charge in [-0.3, -0.25) is 4.90 Å². The zero-order chi connectivity index (χ0) is 19.1. The lowest BCUT2D eigenvalue weighted by Crippen LogP contribution is -2.61. The normalized spacial score (nSPS) is 30.9. The zero-order valence-electron chi connectivity index (χ0n) is 16.2. The van der Waals surface area contributed by atoms with Crippen molar-refractivity contribution in [2.45, 2.75) is 37.4 Å². The molecular formula is C22H27N3O3. The molecule has 3 atom stereocenters. The number of ether oxygens (including phenoxy) is 1. The van der Waals surface area contributed by atoms with E-state index in [1.165, 1.54) is 18.4 Å².